The lowest BCUT2D eigenvalue weighted by Crippen LogP contribution is -2.39. The Bertz CT molecular complexity index is 469. The van der Waals surface area contributed by atoms with E-state index in [-0.39, 0.29) is 17.4 Å². The van der Waals surface area contributed by atoms with Gasteiger partial charge in [0.15, 0.2) is 0 Å². The molecule has 1 saturated heterocycles. The summed E-state index contributed by atoms with van der Waals surface area (Å²) >= 11 is 4.52. The Labute approximate surface area is 144 Å². The molecule has 0 radical (unpaired) electrons. The number of rotatable bonds is 8. The lowest BCUT2D eigenvalue weighted by Gasteiger charge is -2.23. The maximum Gasteiger partial charge on any atom is 0.410 e. The zero-order chi connectivity index (χ0) is 16.5. The van der Waals surface area contributed by atoms with Gasteiger partial charge in [0, 0.05) is 11.8 Å². The van der Waals surface area contributed by atoms with Gasteiger partial charge in [-0.2, -0.15) is 12.6 Å². The van der Waals surface area contributed by atoms with Crippen LogP contribution in [0.2, 0.25) is 0 Å². The highest BCUT2D eigenvalue weighted by Gasteiger charge is 2.34. The van der Waals surface area contributed by atoms with Crippen molar-refractivity contribution in [3.63, 3.8) is 0 Å². The quantitative estimate of drug-likeness (QED) is 0.577. The summed E-state index contributed by atoms with van der Waals surface area (Å²) in [7, 11) is 0. The van der Waals surface area contributed by atoms with Gasteiger partial charge in [-0.05, 0) is 18.4 Å². The van der Waals surface area contributed by atoms with Crippen LogP contribution in [0.1, 0.15) is 38.2 Å². The number of carbonyl (C=O) groups is 1. The molecule has 0 aliphatic carbocycles. The maximum atomic E-state index is 12.2. The van der Waals surface area contributed by atoms with Gasteiger partial charge in [0.05, 0.1) is 25.9 Å². The first-order valence-electron chi connectivity index (χ1n) is 8.43. The van der Waals surface area contributed by atoms with E-state index in [2.05, 4.69) is 19.6 Å². The number of carbonyl (C=O) groups excluding carboxylic acids is 1. The summed E-state index contributed by atoms with van der Waals surface area (Å²) in [5, 5.41) is 0.198. The molecule has 0 spiro atoms. The van der Waals surface area contributed by atoms with Crippen molar-refractivity contribution in [3.8, 4) is 0 Å². The number of ether oxygens (including phenoxy) is 2. The molecule has 1 aliphatic heterocycles. The zero-order valence-electron chi connectivity index (χ0n) is 13.8. The average Bonchev–Trinajstić information content (AvgIpc) is 2.93. The van der Waals surface area contributed by atoms with Crippen molar-refractivity contribution in [2.75, 3.05) is 19.8 Å². The second-order valence-corrected chi connectivity index (χ2v) is 6.75. The first kappa shape index (κ1) is 18.1. The van der Waals surface area contributed by atoms with Crippen molar-refractivity contribution in [1.82, 2.24) is 4.90 Å². The zero-order valence-corrected chi connectivity index (χ0v) is 14.7. The van der Waals surface area contributed by atoms with E-state index in [1.165, 1.54) is 0 Å². The van der Waals surface area contributed by atoms with Crippen molar-refractivity contribution in [3.05, 3.63) is 35.9 Å². The van der Waals surface area contributed by atoms with Crippen LogP contribution in [0.4, 0.5) is 4.79 Å². The Hall–Kier alpha value is -1.20. The van der Waals surface area contributed by atoms with Crippen molar-refractivity contribution in [1.29, 1.82) is 0 Å². The van der Waals surface area contributed by atoms with Gasteiger partial charge in [-0.15, -0.1) is 0 Å². The summed E-state index contributed by atoms with van der Waals surface area (Å²) in [4.78, 5) is 14.0. The standard InChI is InChI=1S/C18H27NO3S/c1-2-3-7-10-22-18(20)19-12-17(23)11-16(19)14-21-13-15-8-5-4-6-9-15/h4-6,8-9,16-17,23H,2-3,7,10-14H2,1H3/t16-,17+/m0/s1. The molecule has 1 amide bonds. The second kappa shape index (κ2) is 9.83. The summed E-state index contributed by atoms with van der Waals surface area (Å²) in [6.07, 6.45) is 3.76. The minimum absolute atomic E-state index is 0.0555. The lowest BCUT2D eigenvalue weighted by atomic mass is 10.2. The Morgan fingerprint density at radius 3 is 2.83 bits per heavy atom. The number of thiol groups is 1. The number of hydrogen-bond acceptors (Lipinski definition) is 4. The molecule has 0 saturated carbocycles. The summed E-state index contributed by atoms with van der Waals surface area (Å²) in [5.74, 6) is 0. The van der Waals surface area contributed by atoms with E-state index in [0.717, 1.165) is 31.2 Å². The Kier molecular flexibility index (Phi) is 7.76. The highest BCUT2D eigenvalue weighted by molar-refractivity contribution is 7.81. The van der Waals surface area contributed by atoms with Crippen LogP contribution in [-0.4, -0.2) is 42.0 Å². The smallest absolute Gasteiger partial charge is 0.410 e. The molecule has 0 aromatic heterocycles. The molecular weight excluding hydrogens is 310 g/mol. The predicted molar refractivity (Wildman–Crippen MR) is 94.9 cm³/mol. The van der Waals surface area contributed by atoms with Gasteiger partial charge < -0.3 is 14.4 Å². The monoisotopic (exact) mass is 337 g/mol. The Morgan fingerprint density at radius 1 is 1.30 bits per heavy atom. The van der Waals surface area contributed by atoms with Crippen molar-refractivity contribution >= 4 is 18.7 Å². The van der Waals surface area contributed by atoms with E-state index in [1.54, 1.807) is 4.90 Å². The molecule has 4 nitrogen and oxygen atoms in total. The largest absolute Gasteiger partial charge is 0.449 e. The first-order valence-corrected chi connectivity index (χ1v) is 8.95. The molecule has 5 heteroatoms. The number of hydrogen-bond donors (Lipinski definition) is 1. The fourth-order valence-electron chi connectivity index (χ4n) is 2.76. The predicted octanol–water partition coefficient (Wildman–Crippen LogP) is 3.90. The van der Waals surface area contributed by atoms with Gasteiger partial charge in [-0.1, -0.05) is 50.1 Å². The molecule has 1 aliphatic rings. The fourth-order valence-corrected chi connectivity index (χ4v) is 3.17. The van der Waals surface area contributed by atoms with Crippen LogP contribution in [0.15, 0.2) is 30.3 Å². The summed E-state index contributed by atoms with van der Waals surface area (Å²) < 4.78 is 11.2. The molecule has 128 valence electrons. The molecule has 0 unspecified atom stereocenters. The van der Waals surface area contributed by atoms with Crippen molar-refractivity contribution in [2.24, 2.45) is 0 Å². The van der Waals surface area contributed by atoms with Crippen LogP contribution >= 0.6 is 12.6 Å². The van der Waals surface area contributed by atoms with Gasteiger partial charge in [0.1, 0.15) is 0 Å². The third-order valence-electron chi connectivity index (χ3n) is 4.02. The average molecular weight is 337 g/mol. The molecule has 0 N–H and O–H groups in total. The van der Waals surface area contributed by atoms with Crippen molar-refractivity contribution in [2.45, 2.75) is 50.5 Å². The second-order valence-electron chi connectivity index (χ2n) is 6.02. The summed E-state index contributed by atoms with van der Waals surface area (Å²) in [6.45, 7) is 4.35. The van der Waals surface area contributed by atoms with E-state index < -0.39 is 0 Å². The van der Waals surface area contributed by atoms with Crippen LogP contribution in [0.25, 0.3) is 0 Å². The van der Waals surface area contributed by atoms with Gasteiger partial charge in [0.25, 0.3) is 0 Å². The van der Waals surface area contributed by atoms with Crippen LogP contribution < -0.4 is 0 Å². The number of amides is 1. The van der Waals surface area contributed by atoms with Crippen molar-refractivity contribution < 1.29 is 14.3 Å². The number of likely N-dealkylation sites (tertiary alicyclic amines) is 1. The molecular formula is C18H27NO3S. The Balaban J connectivity index is 1.76. The third-order valence-corrected chi connectivity index (χ3v) is 4.40. The van der Waals surface area contributed by atoms with Crippen LogP contribution in [0.3, 0.4) is 0 Å². The lowest BCUT2D eigenvalue weighted by molar-refractivity contribution is 0.0513. The van der Waals surface area contributed by atoms with Gasteiger partial charge in [0.2, 0.25) is 0 Å². The molecule has 1 aromatic carbocycles. The minimum Gasteiger partial charge on any atom is -0.449 e. The van der Waals surface area contributed by atoms with E-state index in [1.807, 2.05) is 30.3 Å². The third kappa shape index (κ3) is 6.07. The summed E-state index contributed by atoms with van der Waals surface area (Å²) in [5.41, 5.74) is 1.14. The fraction of sp³-hybridized carbons (Fsp3) is 0.611. The highest BCUT2D eigenvalue weighted by atomic mass is 32.1. The van der Waals surface area contributed by atoms with E-state index >= 15 is 0 Å². The Morgan fingerprint density at radius 2 is 2.09 bits per heavy atom. The number of nitrogens with zero attached hydrogens (tertiary/aromatic N) is 1. The highest BCUT2D eigenvalue weighted by Crippen LogP contribution is 2.23. The minimum atomic E-state index is -0.231. The normalized spacial score (nSPS) is 20.7. The van der Waals surface area contributed by atoms with E-state index in [4.69, 9.17) is 9.47 Å². The SMILES string of the molecule is CCCCCOC(=O)N1C[C@H](S)C[C@H]1COCc1ccccc1. The maximum absolute atomic E-state index is 12.2. The van der Waals surface area contributed by atoms with E-state index in [0.29, 0.717) is 26.4 Å². The molecule has 1 aromatic rings. The molecule has 2 rings (SSSR count). The topological polar surface area (TPSA) is 38.8 Å². The van der Waals surface area contributed by atoms with E-state index in [9.17, 15) is 4.79 Å². The summed E-state index contributed by atoms with van der Waals surface area (Å²) in [6, 6.07) is 10.1. The number of unbranched alkanes of at least 4 members (excludes halogenated alkanes) is 2. The van der Waals surface area contributed by atoms with Crippen LogP contribution in [0, 0.1) is 0 Å². The van der Waals surface area contributed by atoms with Gasteiger partial charge in [-0.25, -0.2) is 4.79 Å². The molecule has 1 heterocycles. The van der Waals surface area contributed by atoms with Crippen LogP contribution in [-0.2, 0) is 16.1 Å². The van der Waals surface area contributed by atoms with Crippen LogP contribution in [0.5, 0.6) is 0 Å². The van der Waals surface area contributed by atoms with Gasteiger partial charge >= 0.3 is 6.09 Å². The molecule has 0 bridgehead atoms. The molecule has 1 fully saturated rings. The molecule has 2 atom stereocenters. The number of benzene rings is 1. The first-order chi connectivity index (χ1) is 11.2. The van der Waals surface area contributed by atoms with Gasteiger partial charge in [-0.3, -0.25) is 0 Å². The molecule has 23 heavy (non-hydrogen) atoms.